The number of benzene rings is 3. The fourth-order valence-corrected chi connectivity index (χ4v) is 4.45. The summed E-state index contributed by atoms with van der Waals surface area (Å²) in [4.78, 5) is 25.7. The second-order valence-electron chi connectivity index (χ2n) is 7.46. The van der Waals surface area contributed by atoms with Gasteiger partial charge in [0, 0.05) is 21.5 Å². The number of carbonyl (C=O) groups is 2. The van der Waals surface area contributed by atoms with Gasteiger partial charge >= 0.3 is 0 Å². The molecular formula is C25H20BrClN4O3S. The van der Waals surface area contributed by atoms with E-state index in [0.717, 1.165) is 15.6 Å². The van der Waals surface area contributed by atoms with Crippen LogP contribution in [-0.2, 0) is 16.0 Å². The summed E-state index contributed by atoms with van der Waals surface area (Å²) in [5, 5.41) is 15.4. The number of ether oxygens (including phenoxy) is 1. The van der Waals surface area contributed by atoms with E-state index >= 15 is 0 Å². The highest BCUT2D eigenvalue weighted by Crippen LogP contribution is 2.28. The summed E-state index contributed by atoms with van der Waals surface area (Å²) >= 11 is 10.6. The van der Waals surface area contributed by atoms with Crippen molar-refractivity contribution in [2.24, 2.45) is 0 Å². The van der Waals surface area contributed by atoms with E-state index in [1.165, 1.54) is 11.3 Å². The SMILES string of the molecule is O=C(COc1ccc(Cl)cc1)NC(Cc1ccccc1)C(=O)Nc1nnc(-c2cccc(Br)c2)s1. The van der Waals surface area contributed by atoms with Gasteiger partial charge in [-0.3, -0.25) is 14.9 Å². The van der Waals surface area contributed by atoms with Gasteiger partial charge in [-0.1, -0.05) is 81.3 Å². The summed E-state index contributed by atoms with van der Waals surface area (Å²) in [5.41, 5.74) is 1.78. The Morgan fingerprint density at radius 2 is 1.77 bits per heavy atom. The van der Waals surface area contributed by atoms with E-state index in [2.05, 4.69) is 36.8 Å². The number of nitrogens with one attached hydrogen (secondary N) is 2. The van der Waals surface area contributed by atoms with Crippen molar-refractivity contribution in [3.63, 3.8) is 0 Å². The van der Waals surface area contributed by atoms with Crippen molar-refractivity contribution in [1.29, 1.82) is 0 Å². The quantitative estimate of drug-likeness (QED) is 0.282. The number of nitrogens with zero attached hydrogens (tertiary/aromatic N) is 2. The van der Waals surface area contributed by atoms with E-state index in [9.17, 15) is 9.59 Å². The van der Waals surface area contributed by atoms with Crippen LogP contribution in [0.4, 0.5) is 5.13 Å². The minimum Gasteiger partial charge on any atom is -0.484 e. The van der Waals surface area contributed by atoms with Crippen molar-refractivity contribution in [3.05, 3.63) is 93.9 Å². The summed E-state index contributed by atoms with van der Waals surface area (Å²) < 4.78 is 6.43. The number of rotatable bonds is 9. The van der Waals surface area contributed by atoms with Crippen LogP contribution in [0.25, 0.3) is 10.6 Å². The van der Waals surface area contributed by atoms with Crippen LogP contribution in [0.2, 0.25) is 5.02 Å². The fourth-order valence-electron chi connectivity index (χ4n) is 3.18. The molecule has 0 aliphatic rings. The Bertz CT molecular complexity index is 1300. The Hall–Kier alpha value is -3.27. The first kappa shape index (κ1) is 24.8. The number of halogens is 2. The molecule has 1 atom stereocenters. The van der Waals surface area contributed by atoms with E-state index in [1.54, 1.807) is 24.3 Å². The van der Waals surface area contributed by atoms with Gasteiger partial charge < -0.3 is 10.1 Å². The maximum absolute atomic E-state index is 13.1. The normalized spacial score (nSPS) is 11.5. The van der Waals surface area contributed by atoms with Crippen molar-refractivity contribution in [2.75, 3.05) is 11.9 Å². The van der Waals surface area contributed by atoms with Gasteiger partial charge in [0.25, 0.3) is 5.91 Å². The molecule has 10 heteroatoms. The van der Waals surface area contributed by atoms with Crippen LogP contribution in [0.1, 0.15) is 5.56 Å². The maximum Gasteiger partial charge on any atom is 0.258 e. The topological polar surface area (TPSA) is 93.2 Å². The maximum atomic E-state index is 13.1. The number of hydrogen-bond donors (Lipinski definition) is 2. The zero-order valence-corrected chi connectivity index (χ0v) is 21.4. The van der Waals surface area contributed by atoms with Gasteiger partial charge in [0.05, 0.1) is 0 Å². The van der Waals surface area contributed by atoms with E-state index in [4.69, 9.17) is 16.3 Å². The monoisotopic (exact) mass is 570 g/mol. The van der Waals surface area contributed by atoms with E-state index in [-0.39, 0.29) is 6.61 Å². The molecule has 2 amide bonds. The predicted octanol–water partition coefficient (Wildman–Crippen LogP) is 5.37. The van der Waals surface area contributed by atoms with Gasteiger partial charge in [-0.25, -0.2) is 0 Å². The molecule has 1 unspecified atom stereocenters. The average Bonchev–Trinajstić information content (AvgIpc) is 3.32. The molecule has 0 aliphatic heterocycles. The molecule has 2 N–H and O–H groups in total. The molecule has 0 saturated heterocycles. The highest BCUT2D eigenvalue weighted by molar-refractivity contribution is 9.10. The van der Waals surface area contributed by atoms with Crippen LogP contribution < -0.4 is 15.4 Å². The largest absolute Gasteiger partial charge is 0.484 e. The Morgan fingerprint density at radius 1 is 1.00 bits per heavy atom. The lowest BCUT2D eigenvalue weighted by Gasteiger charge is -2.18. The Kier molecular flexibility index (Phi) is 8.46. The number of amides is 2. The minimum absolute atomic E-state index is 0.244. The molecule has 1 heterocycles. The lowest BCUT2D eigenvalue weighted by Crippen LogP contribution is -2.46. The van der Waals surface area contributed by atoms with Crippen molar-refractivity contribution in [2.45, 2.75) is 12.5 Å². The Balaban J connectivity index is 1.43. The molecule has 35 heavy (non-hydrogen) atoms. The van der Waals surface area contributed by atoms with Crippen molar-refractivity contribution in [3.8, 4) is 16.3 Å². The van der Waals surface area contributed by atoms with Crippen LogP contribution in [0, 0.1) is 0 Å². The lowest BCUT2D eigenvalue weighted by molar-refractivity contribution is -0.127. The molecule has 0 spiro atoms. The third-order valence-electron chi connectivity index (χ3n) is 4.84. The third kappa shape index (κ3) is 7.35. The molecule has 0 aliphatic carbocycles. The average molecular weight is 572 g/mol. The molecule has 0 fully saturated rings. The number of anilines is 1. The summed E-state index contributed by atoms with van der Waals surface area (Å²) in [5.74, 6) is -0.323. The second-order valence-corrected chi connectivity index (χ2v) is 9.79. The molecular weight excluding hydrogens is 552 g/mol. The molecule has 0 bridgehead atoms. The number of hydrogen-bond acceptors (Lipinski definition) is 6. The first-order valence-electron chi connectivity index (χ1n) is 10.6. The summed E-state index contributed by atoms with van der Waals surface area (Å²) in [7, 11) is 0. The van der Waals surface area contributed by atoms with E-state index in [0.29, 0.717) is 27.3 Å². The van der Waals surface area contributed by atoms with Crippen molar-refractivity contribution < 1.29 is 14.3 Å². The molecule has 4 aromatic rings. The highest BCUT2D eigenvalue weighted by atomic mass is 79.9. The molecule has 178 valence electrons. The van der Waals surface area contributed by atoms with Crippen LogP contribution in [0.3, 0.4) is 0 Å². The van der Waals surface area contributed by atoms with Crippen LogP contribution in [-0.4, -0.2) is 34.7 Å². The number of carbonyl (C=O) groups excluding carboxylic acids is 2. The molecule has 0 saturated carbocycles. The van der Waals surface area contributed by atoms with E-state index in [1.807, 2.05) is 54.6 Å². The smallest absolute Gasteiger partial charge is 0.258 e. The van der Waals surface area contributed by atoms with Crippen LogP contribution in [0.5, 0.6) is 5.75 Å². The summed E-state index contributed by atoms with van der Waals surface area (Å²) in [6, 6.07) is 22.9. The standard InChI is InChI=1S/C25H20BrClN4O3S/c26-18-8-4-7-17(14-18)24-30-31-25(35-24)29-23(33)21(13-16-5-2-1-3-6-16)28-22(32)15-34-20-11-9-19(27)10-12-20/h1-12,14,21H,13,15H2,(H,28,32)(H,29,31,33). The van der Waals surface area contributed by atoms with Crippen molar-refractivity contribution >= 4 is 55.8 Å². The van der Waals surface area contributed by atoms with Gasteiger partial charge in [0.2, 0.25) is 11.0 Å². The summed E-state index contributed by atoms with van der Waals surface area (Å²) in [6.07, 6.45) is 0.302. The molecule has 3 aromatic carbocycles. The zero-order valence-electron chi connectivity index (χ0n) is 18.3. The van der Waals surface area contributed by atoms with E-state index < -0.39 is 17.9 Å². The van der Waals surface area contributed by atoms with Gasteiger partial charge in [0.1, 0.15) is 16.8 Å². The fraction of sp³-hybridized carbons (Fsp3) is 0.120. The molecule has 1 aromatic heterocycles. The van der Waals surface area contributed by atoms with Crippen LogP contribution >= 0.6 is 38.9 Å². The lowest BCUT2D eigenvalue weighted by atomic mass is 10.1. The first-order valence-corrected chi connectivity index (χ1v) is 12.6. The molecule has 7 nitrogen and oxygen atoms in total. The zero-order chi connectivity index (χ0) is 24.6. The summed E-state index contributed by atoms with van der Waals surface area (Å²) in [6.45, 7) is -0.244. The second kappa shape index (κ2) is 11.9. The van der Waals surface area contributed by atoms with Crippen molar-refractivity contribution in [1.82, 2.24) is 15.5 Å². The number of aromatic nitrogens is 2. The molecule has 4 rings (SSSR count). The van der Waals surface area contributed by atoms with Gasteiger partial charge in [0.15, 0.2) is 6.61 Å². The minimum atomic E-state index is -0.836. The van der Waals surface area contributed by atoms with Gasteiger partial charge in [-0.05, 0) is 42.0 Å². The first-order chi connectivity index (χ1) is 17.0. The van der Waals surface area contributed by atoms with Gasteiger partial charge in [-0.15, -0.1) is 10.2 Å². The third-order valence-corrected chi connectivity index (χ3v) is 6.48. The van der Waals surface area contributed by atoms with Crippen LogP contribution in [0.15, 0.2) is 83.3 Å². The predicted molar refractivity (Wildman–Crippen MR) is 141 cm³/mol. The Labute approximate surface area is 219 Å². The molecule has 0 radical (unpaired) electrons. The van der Waals surface area contributed by atoms with Gasteiger partial charge in [-0.2, -0.15) is 0 Å². The highest BCUT2D eigenvalue weighted by Gasteiger charge is 2.23. The Morgan fingerprint density at radius 3 is 2.51 bits per heavy atom.